The van der Waals surface area contributed by atoms with Crippen LogP contribution in [-0.4, -0.2) is 21.4 Å². The number of aromatic nitrogens is 1. The van der Waals surface area contributed by atoms with Crippen molar-refractivity contribution in [2.75, 3.05) is 0 Å². The van der Waals surface area contributed by atoms with Gasteiger partial charge in [-0.1, -0.05) is 37.1 Å². The van der Waals surface area contributed by atoms with Gasteiger partial charge in [0.25, 0.3) is 5.78 Å². The number of carbonyl (C=O) groups is 2. The third-order valence-corrected chi connectivity index (χ3v) is 5.53. The SMILES string of the molecule is O=C(O)C(=O)c1cn(C2CCCC2)c2ccc(-c3ccccc3C(F)(F)F)cc12. The third-order valence-electron chi connectivity index (χ3n) is 5.53. The van der Waals surface area contributed by atoms with Gasteiger partial charge in [0.05, 0.1) is 11.1 Å². The Balaban J connectivity index is 1.93. The summed E-state index contributed by atoms with van der Waals surface area (Å²) in [6.45, 7) is 0. The van der Waals surface area contributed by atoms with Crippen LogP contribution in [0.4, 0.5) is 13.2 Å². The van der Waals surface area contributed by atoms with Crippen LogP contribution >= 0.6 is 0 Å². The number of hydrogen-bond acceptors (Lipinski definition) is 2. The summed E-state index contributed by atoms with van der Waals surface area (Å²) >= 11 is 0. The first-order valence-electron chi connectivity index (χ1n) is 9.36. The Labute approximate surface area is 164 Å². The molecule has 0 spiro atoms. The van der Waals surface area contributed by atoms with Crippen LogP contribution in [0.1, 0.15) is 47.6 Å². The maximum absolute atomic E-state index is 13.4. The van der Waals surface area contributed by atoms with E-state index >= 15 is 0 Å². The van der Waals surface area contributed by atoms with Gasteiger partial charge in [-0.05, 0) is 42.2 Å². The van der Waals surface area contributed by atoms with Crippen LogP contribution in [0.2, 0.25) is 0 Å². The molecule has 1 aliphatic rings. The summed E-state index contributed by atoms with van der Waals surface area (Å²) < 4.78 is 42.2. The van der Waals surface area contributed by atoms with E-state index in [0.29, 0.717) is 10.9 Å². The van der Waals surface area contributed by atoms with Gasteiger partial charge in [0.2, 0.25) is 0 Å². The van der Waals surface area contributed by atoms with Crippen molar-refractivity contribution in [2.45, 2.75) is 37.9 Å². The molecule has 0 radical (unpaired) electrons. The van der Waals surface area contributed by atoms with Gasteiger partial charge in [-0.15, -0.1) is 0 Å². The van der Waals surface area contributed by atoms with Crippen molar-refractivity contribution >= 4 is 22.7 Å². The van der Waals surface area contributed by atoms with Crippen LogP contribution in [-0.2, 0) is 11.0 Å². The predicted molar refractivity (Wildman–Crippen MR) is 102 cm³/mol. The molecule has 4 nitrogen and oxygen atoms in total. The standard InChI is InChI=1S/C22H18F3NO3/c23-22(24,25)18-8-4-3-7-15(18)13-9-10-19-16(11-13)17(20(27)21(28)29)12-26(19)14-5-1-2-6-14/h3-4,7-12,14H,1-2,5-6H2,(H,28,29). The molecule has 1 fully saturated rings. The minimum absolute atomic E-state index is 0.00531. The van der Waals surface area contributed by atoms with Crippen molar-refractivity contribution in [1.29, 1.82) is 0 Å². The lowest BCUT2D eigenvalue weighted by molar-refractivity contribution is -0.137. The molecule has 150 valence electrons. The van der Waals surface area contributed by atoms with E-state index in [4.69, 9.17) is 0 Å². The Hall–Kier alpha value is -3.09. The monoisotopic (exact) mass is 401 g/mol. The summed E-state index contributed by atoms with van der Waals surface area (Å²) in [6.07, 6.45) is 0.942. The van der Waals surface area contributed by atoms with Crippen LogP contribution in [0.3, 0.4) is 0 Å². The molecular weight excluding hydrogens is 383 g/mol. The predicted octanol–water partition coefficient (Wildman–Crippen LogP) is 5.71. The van der Waals surface area contributed by atoms with Gasteiger partial charge < -0.3 is 9.67 Å². The highest BCUT2D eigenvalue weighted by atomic mass is 19.4. The summed E-state index contributed by atoms with van der Waals surface area (Å²) in [5.41, 5.74) is 0.166. The molecular formula is C22H18F3NO3. The number of halogens is 3. The van der Waals surface area contributed by atoms with Crippen molar-refractivity contribution in [3.8, 4) is 11.1 Å². The van der Waals surface area contributed by atoms with E-state index in [9.17, 15) is 27.9 Å². The second-order valence-corrected chi connectivity index (χ2v) is 7.30. The number of nitrogens with zero attached hydrogens (tertiary/aromatic N) is 1. The Morgan fingerprint density at radius 2 is 1.72 bits per heavy atom. The number of benzene rings is 2. The number of ketones is 1. The molecule has 3 aromatic rings. The topological polar surface area (TPSA) is 59.3 Å². The van der Waals surface area contributed by atoms with E-state index in [0.717, 1.165) is 31.7 Å². The van der Waals surface area contributed by atoms with Crippen LogP contribution in [0, 0.1) is 0 Å². The summed E-state index contributed by atoms with van der Waals surface area (Å²) in [5.74, 6) is -2.65. The average Bonchev–Trinajstić information content (AvgIpc) is 3.34. The molecule has 0 unspecified atom stereocenters. The normalized spacial score (nSPS) is 15.1. The summed E-state index contributed by atoms with van der Waals surface area (Å²) in [6, 6.07) is 10.1. The van der Waals surface area contributed by atoms with E-state index in [-0.39, 0.29) is 22.7 Å². The molecule has 29 heavy (non-hydrogen) atoms. The lowest BCUT2D eigenvalue weighted by atomic mass is 9.97. The second-order valence-electron chi connectivity index (χ2n) is 7.30. The Morgan fingerprint density at radius 3 is 2.38 bits per heavy atom. The first kappa shape index (κ1) is 19.2. The number of carboxylic acid groups (broad SMARTS) is 1. The fourth-order valence-electron chi connectivity index (χ4n) is 4.19. The molecule has 0 saturated heterocycles. The minimum atomic E-state index is -4.53. The number of alkyl halides is 3. The maximum Gasteiger partial charge on any atom is 0.417 e. The fourth-order valence-corrected chi connectivity index (χ4v) is 4.19. The first-order chi connectivity index (χ1) is 13.8. The fraction of sp³-hybridized carbons (Fsp3) is 0.273. The molecule has 1 aromatic heterocycles. The van der Waals surface area contributed by atoms with Crippen molar-refractivity contribution in [3.63, 3.8) is 0 Å². The molecule has 1 saturated carbocycles. The van der Waals surface area contributed by atoms with Crippen molar-refractivity contribution in [3.05, 3.63) is 59.8 Å². The second kappa shape index (κ2) is 7.06. The Kier molecular flexibility index (Phi) is 4.68. The van der Waals surface area contributed by atoms with Crippen LogP contribution in [0.5, 0.6) is 0 Å². The highest BCUT2D eigenvalue weighted by molar-refractivity contribution is 6.42. The third kappa shape index (κ3) is 3.41. The molecule has 0 amide bonds. The van der Waals surface area contributed by atoms with Crippen molar-refractivity contribution < 1.29 is 27.9 Å². The van der Waals surface area contributed by atoms with Gasteiger partial charge >= 0.3 is 12.1 Å². The first-order valence-corrected chi connectivity index (χ1v) is 9.36. The number of fused-ring (bicyclic) bond motifs is 1. The highest BCUT2D eigenvalue weighted by Crippen LogP contribution is 2.40. The van der Waals surface area contributed by atoms with Gasteiger partial charge in [0.1, 0.15) is 0 Å². The molecule has 1 heterocycles. The number of hydrogen-bond donors (Lipinski definition) is 1. The average molecular weight is 401 g/mol. The van der Waals surface area contributed by atoms with Gasteiger partial charge in [0.15, 0.2) is 0 Å². The number of carbonyl (C=O) groups excluding carboxylic acids is 1. The summed E-state index contributed by atoms with van der Waals surface area (Å²) in [7, 11) is 0. The molecule has 1 aliphatic carbocycles. The highest BCUT2D eigenvalue weighted by Gasteiger charge is 2.33. The zero-order valence-corrected chi connectivity index (χ0v) is 15.4. The van der Waals surface area contributed by atoms with Crippen molar-refractivity contribution in [2.24, 2.45) is 0 Å². The Bertz CT molecular complexity index is 1110. The van der Waals surface area contributed by atoms with Gasteiger partial charge in [-0.3, -0.25) is 4.79 Å². The van der Waals surface area contributed by atoms with Crippen LogP contribution in [0.15, 0.2) is 48.7 Å². The van der Waals surface area contributed by atoms with Gasteiger partial charge in [-0.2, -0.15) is 13.2 Å². The Morgan fingerprint density at radius 1 is 1.03 bits per heavy atom. The molecule has 4 rings (SSSR count). The van der Waals surface area contributed by atoms with E-state index in [1.54, 1.807) is 12.1 Å². The number of carboxylic acids is 1. The smallest absolute Gasteiger partial charge is 0.417 e. The van der Waals surface area contributed by atoms with Gasteiger partial charge in [-0.25, -0.2) is 4.79 Å². The molecule has 2 aromatic carbocycles. The van der Waals surface area contributed by atoms with Crippen LogP contribution < -0.4 is 0 Å². The number of Topliss-reactive ketones (excluding diaryl/α,β-unsaturated/α-hetero) is 1. The quantitative estimate of drug-likeness (QED) is 0.450. The minimum Gasteiger partial charge on any atom is -0.475 e. The zero-order valence-electron chi connectivity index (χ0n) is 15.4. The maximum atomic E-state index is 13.4. The molecule has 0 atom stereocenters. The molecule has 0 bridgehead atoms. The van der Waals surface area contributed by atoms with E-state index < -0.39 is 23.5 Å². The number of rotatable bonds is 4. The zero-order chi connectivity index (χ0) is 20.8. The van der Waals surface area contributed by atoms with Gasteiger partial charge in [0, 0.05) is 23.1 Å². The molecule has 7 heteroatoms. The van der Waals surface area contributed by atoms with Crippen LogP contribution in [0.25, 0.3) is 22.0 Å². The van der Waals surface area contributed by atoms with E-state index in [2.05, 4.69) is 0 Å². The molecule has 0 aliphatic heterocycles. The lowest BCUT2D eigenvalue weighted by Gasteiger charge is -2.15. The summed E-state index contributed by atoms with van der Waals surface area (Å²) in [4.78, 5) is 23.6. The lowest BCUT2D eigenvalue weighted by Crippen LogP contribution is -2.12. The van der Waals surface area contributed by atoms with E-state index in [1.807, 2.05) is 4.57 Å². The summed E-state index contributed by atoms with van der Waals surface area (Å²) in [5, 5.41) is 9.56. The van der Waals surface area contributed by atoms with Crippen molar-refractivity contribution in [1.82, 2.24) is 4.57 Å². The number of aliphatic carboxylic acids is 1. The largest absolute Gasteiger partial charge is 0.475 e. The van der Waals surface area contributed by atoms with E-state index in [1.165, 1.54) is 30.5 Å². The molecule has 1 N–H and O–H groups in total.